The van der Waals surface area contributed by atoms with Gasteiger partial charge < -0.3 is 18.9 Å². The predicted octanol–water partition coefficient (Wildman–Crippen LogP) is 7.21. The zero-order valence-corrected chi connectivity index (χ0v) is 26.4. The summed E-state index contributed by atoms with van der Waals surface area (Å²) in [5.41, 5.74) is -2.31. The van der Waals surface area contributed by atoms with Gasteiger partial charge >= 0.3 is 15.6 Å². The van der Waals surface area contributed by atoms with Crippen LogP contribution in [0.15, 0.2) is 121 Å². The Labute approximate surface area is 273 Å². The number of benzene rings is 4. The van der Waals surface area contributed by atoms with Crippen LogP contribution in [0.4, 0.5) is 13.2 Å². The fraction of sp³-hybridized carbons (Fsp3) is 0.333. The highest BCUT2D eigenvalue weighted by molar-refractivity contribution is 7.87. The molecule has 1 saturated carbocycles. The Bertz CT molecular complexity index is 1590. The van der Waals surface area contributed by atoms with Crippen molar-refractivity contribution in [3.05, 3.63) is 144 Å². The minimum Gasteiger partial charge on any atom is -0.376 e. The first kappa shape index (κ1) is 34.7. The zero-order valence-electron chi connectivity index (χ0n) is 25.6. The van der Waals surface area contributed by atoms with Crippen molar-refractivity contribution in [2.75, 3.05) is 6.61 Å². The summed E-state index contributed by atoms with van der Waals surface area (Å²) >= 11 is 0. The summed E-state index contributed by atoms with van der Waals surface area (Å²) in [5, 5.41) is 0. The standard InChI is InChI=1S/C36H37F3O7S/c37-36(38,39)47(40,41)46-32-21-31(26-42-22-27-13-5-1-6-14-27)33(43-23-28-15-7-2-8-16-28)35(45-25-30-19-11-4-12-20-30)34(32)44-24-29-17-9-3-10-18-29/h1-20,31-35H,21-26H2/t31-,32+,33-,34+,35+/m1/s1. The van der Waals surface area contributed by atoms with Gasteiger partial charge in [0.2, 0.25) is 0 Å². The van der Waals surface area contributed by atoms with E-state index in [0.717, 1.165) is 22.3 Å². The number of halogens is 3. The Balaban J connectivity index is 1.49. The fourth-order valence-electron chi connectivity index (χ4n) is 5.53. The highest BCUT2D eigenvalue weighted by atomic mass is 32.2. The number of rotatable bonds is 15. The molecule has 4 aromatic carbocycles. The van der Waals surface area contributed by atoms with Gasteiger partial charge in [-0.05, 0) is 28.7 Å². The molecule has 0 amide bonds. The molecule has 0 N–H and O–H groups in total. The van der Waals surface area contributed by atoms with Crippen LogP contribution in [0.25, 0.3) is 0 Å². The summed E-state index contributed by atoms with van der Waals surface area (Å²) in [4.78, 5) is 0. The first-order chi connectivity index (χ1) is 22.7. The molecule has 250 valence electrons. The smallest absolute Gasteiger partial charge is 0.376 e. The second-order valence-corrected chi connectivity index (χ2v) is 12.9. The van der Waals surface area contributed by atoms with E-state index in [1.807, 2.05) is 97.1 Å². The molecule has 0 unspecified atom stereocenters. The molecule has 7 nitrogen and oxygen atoms in total. The van der Waals surface area contributed by atoms with E-state index < -0.39 is 46.0 Å². The molecule has 0 radical (unpaired) electrons. The first-order valence-electron chi connectivity index (χ1n) is 15.3. The van der Waals surface area contributed by atoms with Gasteiger partial charge in [0.25, 0.3) is 0 Å². The average molecular weight is 671 g/mol. The van der Waals surface area contributed by atoms with Crippen LogP contribution in [0.2, 0.25) is 0 Å². The van der Waals surface area contributed by atoms with E-state index >= 15 is 0 Å². The Morgan fingerprint density at radius 1 is 0.553 bits per heavy atom. The van der Waals surface area contributed by atoms with Gasteiger partial charge in [-0.1, -0.05) is 121 Å². The summed E-state index contributed by atoms with van der Waals surface area (Å²) < 4.78 is 96.1. The molecule has 0 heterocycles. The summed E-state index contributed by atoms with van der Waals surface area (Å²) in [6, 6.07) is 37.1. The van der Waals surface area contributed by atoms with Crippen molar-refractivity contribution >= 4 is 10.1 Å². The number of hydrogen-bond acceptors (Lipinski definition) is 7. The lowest BCUT2D eigenvalue weighted by Crippen LogP contribution is -2.58. The minimum atomic E-state index is -5.98. The fourth-order valence-corrected chi connectivity index (χ4v) is 6.16. The molecule has 5 atom stereocenters. The highest BCUT2D eigenvalue weighted by Gasteiger charge is 2.54. The average Bonchev–Trinajstić information content (AvgIpc) is 3.07. The van der Waals surface area contributed by atoms with Crippen LogP contribution < -0.4 is 0 Å². The number of ether oxygens (including phenoxy) is 4. The Kier molecular flexibility index (Phi) is 12.2. The SMILES string of the molecule is O=S(=O)(O[C@H]1C[C@H](COCc2ccccc2)[C@@H](OCc2ccccc2)[C@H](OCc2ccccc2)[C@H]1OCc1ccccc1)C(F)(F)F. The molecule has 1 aliphatic carbocycles. The van der Waals surface area contributed by atoms with Crippen molar-refractivity contribution in [3.8, 4) is 0 Å². The third-order valence-electron chi connectivity index (χ3n) is 7.85. The maximum absolute atomic E-state index is 13.7. The van der Waals surface area contributed by atoms with Crippen molar-refractivity contribution in [2.45, 2.75) is 62.8 Å². The van der Waals surface area contributed by atoms with Gasteiger partial charge in [-0.25, -0.2) is 0 Å². The Hall–Kier alpha value is -3.58. The van der Waals surface area contributed by atoms with Gasteiger partial charge in [0.15, 0.2) is 0 Å². The van der Waals surface area contributed by atoms with Crippen LogP contribution in [-0.2, 0) is 59.7 Å². The van der Waals surface area contributed by atoms with Crippen molar-refractivity contribution in [3.63, 3.8) is 0 Å². The molecule has 1 aliphatic rings. The summed E-state index contributed by atoms with van der Waals surface area (Å²) in [7, 11) is -5.98. The first-order valence-corrected chi connectivity index (χ1v) is 16.7. The zero-order chi connectivity index (χ0) is 33.1. The van der Waals surface area contributed by atoms with Crippen molar-refractivity contribution in [1.82, 2.24) is 0 Å². The van der Waals surface area contributed by atoms with Crippen molar-refractivity contribution in [1.29, 1.82) is 0 Å². The van der Waals surface area contributed by atoms with E-state index in [1.54, 1.807) is 24.3 Å². The van der Waals surface area contributed by atoms with Crippen molar-refractivity contribution < 1.29 is 44.7 Å². The molecule has 0 saturated heterocycles. The quantitative estimate of drug-likeness (QED) is 0.0977. The molecule has 0 aromatic heterocycles. The monoisotopic (exact) mass is 670 g/mol. The largest absolute Gasteiger partial charge is 0.523 e. The Morgan fingerprint density at radius 3 is 1.36 bits per heavy atom. The lowest BCUT2D eigenvalue weighted by molar-refractivity contribution is -0.221. The summed E-state index contributed by atoms with van der Waals surface area (Å²) in [6.45, 7) is 0.487. The van der Waals surface area contributed by atoms with E-state index in [-0.39, 0.29) is 39.5 Å². The summed E-state index contributed by atoms with van der Waals surface area (Å²) in [5.74, 6) is -0.617. The molecule has 1 fully saturated rings. The predicted molar refractivity (Wildman–Crippen MR) is 169 cm³/mol. The van der Waals surface area contributed by atoms with Crippen LogP contribution in [0, 0.1) is 5.92 Å². The molecule has 0 bridgehead atoms. The Morgan fingerprint density at radius 2 is 0.936 bits per heavy atom. The third-order valence-corrected chi connectivity index (χ3v) is 8.91. The van der Waals surface area contributed by atoms with Crippen LogP contribution in [0.1, 0.15) is 28.7 Å². The van der Waals surface area contributed by atoms with Gasteiger partial charge in [0.05, 0.1) is 39.1 Å². The van der Waals surface area contributed by atoms with Gasteiger partial charge in [0.1, 0.15) is 18.3 Å². The lowest BCUT2D eigenvalue weighted by Gasteiger charge is -2.45. The number of alkyl halides is 3. The van der Waals surface area contributed by atoms with Gasteiger partial charge in [0, 0.05) is 5.92 Å². The molecule has 47 heavy (non-hydrogen) atoms. The van der Waals surface area contributed by atoms with Crippen molar-refractivity contribution in [2.24, 2.45) is 5.92 Å². The van der Waals surface area contributed by atoms with Crippen LogP contribution in [0.3, 0.4) is 0 Å². The summed E-state index contributed by atoms with van der Waals surface area (Å²) in [6.07, 6.45) is -4.75. The molecule has 0 aliphatic heterocycles. The van der Waals surface area contributed by atoms with E-state index in [4.69, 9.17) is 23.1 Å². The van der Waals surface area contributed by atoms with Gasteiger partial charge in [-0.3, -0.25) is 4.18 Å². The molecule has 5 rings (SSSR count). The molecule has 11 heteroatoms. The molecule has 0 spiro atoms. The molecular weight excluding hydrogens is 633 g/mol. The second kappa shape index (κ2) is 16.5. The maximum Gasteiger partial charge on any atom is 0.523 e. The second-order valence-electron chi connectivity index (χ2n) is 11.3. The van der Waals surface area contributed by atoms with E-state index in [1.165, 1.54) is 0 Å². The topological polar surface area (TPSA) is 80.3 Å². The number of hydrogen-bond donors (Lipinski definition) is 0. The van der Waals surface area contributed by atoms with E-state index in [0.29, 0.717) is 0 Å². The lowest BCUT2D eigenvalue weighted by atomic mass is 9.80. The van der Waals surface area contributed by atoms with E-state index in [2.05, 4.69) is 0 Å². The molecule has 4 aromatic rings. The van der Waals surface area contributed by atoms with Crippen LogP contribution >= 0.6 is 0 Å². The normalized spacial score (nSPS) is 21.8. The maximum atomic E-state index is 13.7. The van der Waals surface area contributed by atoms with Crippen LogP contribution in [0.5, 0.6) is 0 Å². The minimum absolute atomic E-state index is 0.0246. The van der Waals surface area contributed by atoms with Gasteiger partial charge in [-0.2, -0.15) is 21.6 Å². The highest BCUT2D eigenvalue weighted by Crippen LogP contribution is 2.38. The third kappa shape index (κ3) is 9.96. The van der Waals surface area contributed by atoms with Crippen LogP contribution in [-0.4, -0.2) is 44.9 Å². The molecular formula is C36H37F3O7S. The van der Waals surface area contributed by atoms with Gasteiger partial charge in [-0.15, -0.1) is 0 Å². The van der Waals surface area contributed by atoms with E-state index in [9.17, 15) is 21.6 Å².